The van der Waals surface area contributed by atoms with Crippen molar-refractivity contribution in [1.29, 1.82) is 0 Å². The van der Waals surface area contributed by atoms with Gasteiger partial charge < -0.3 is 4.74 Å². The zero-order valence-electron chi connectivity index (χ0n) is 12.5. The van der Waals surface area contributed by atoms with E-state index in [-0.39, 0.29) is 16.8 Å². The van der Waals surface area contributed by atoms with Crippen molar-refractivity contribution >= 4 is 5.97 Å². The summed E-state index contributed by atoms with van der Waals surface area (Å²) in [5.41, 5.74) is 4.76. The Bertz CT molecular complexity index is 528. The van der Waals surface area contributed by atoms with Crippen molar-refractivity contribution in [2.75, 3.05) is 7.11 Å². The molecule has 2 heteroatoms. The third kappa shape index (κ3) is 1.24. The fourth-order valence-electron chi connectivity index (χ4n) is 5.67. The van der Waals surface area contributed by atoms with E-state index in [9.17, 15) is 4.79 Å². The first-order chi connectivity index (χ1) is 9.76. The van der Waals surface area contributed by atoms with Crippen LogP contribution < -0.4 is 0 Å². The Hall–Kier alpha value is -1.05. The van der Waals surface area contributed by atoms with Crippen molar-refractivity contribution in [1.82, 2.24) is 0 Å². The highest BCUT2D eigenvalue weighted by Gasteiger charge is 2.70. The first kappa shape index (κ1) is 12.7. The zero-order valence-corrected chi connectivity index (χ0v) is 12.5. The van der Waals surface area contributed by atoms with Gasteiger partial charge in [-0.2, -0.15) is 0 Å². The predicted octanol–water partition coefficient (Wildman–Crippen LogP) is 4.31. The number of hydrogen-bond donors (Lipinski definition) is 0. The summed E-state index contributed by atoms with van der Waals surface area (Å²) in [7, 11) is 1.53. The molecule has 2 spiro atoms. The number of methoxy groups -OCH3 is 1. The van der Waals surface area contributed by atoms with E-state index in [0.717, 1.165) is 5.57 Å². The number of esters is 1. The van der Waals surface area contributed by atoms with Crippen molar-refractivity contribution in [2.45, 2.75) is 64.2 Å². The van der Waals surface area contributed by atoms with E-state index in [1.54, 1.807) is 11.1 Å². The van der Waals surface area contributed by atoms with E-state index in [1.807, 2.05) is 0 Å². The monoisotopic (exact) mass is 272 g/mol. The molecule has 0 bridgehead atoms. The number of allylic oxidation sites excluding steroid dienone is 3. The van der Waals surface area contributed by atoms with Crippen LogP contribution in [0.4, 0.5) is 0 Å². The van der Waals surface area contributed by atoms with Crippen molar-refractivity contribution in [2.24, 2.45) is 10.8 Å². The molecule has 4 aliphatic rings. The maximum absolute atomic E-state index is 12.2. The van der Waals surface area contributed by atoms with E-state index >= 15 is 0 Å². The maximum Gasteiger partial charge on any atom is 0.334 e. The molecule has 0 saturated heterocycles. The van der Waals surface area contributed by atoms with Gasteiger partial charge >= 0.3 is 5.97 Å². The third-order valence-corrected chi connectivity index (χ3v) is 6.41. The molecule has 108 valence electrons. The molecule has 0 radical (unpaired) electrons. The highest BCUT2D eigenvalue weighted by molar-refractivity contribution is 5.96. The molecule has 2 fully saturated rings. The van der Waals surface area contributed by atoms with Crippen LogP contribution in [0.2, 0.25) is 0 Å². The Morgan fingerprint density at radius 3 is 2.45 bits per heavy atom. The van der Waals surface area contributed by atoms with Crippen molar-refractivity contribution < 1.29 is 9.53 Å². The third-order valence-electron chi connectivity index (χ3n) is 6.41. The Labute approximate surface area is 121 Å². The summed E-state index contributed by atoms with van der Waals surface area (Å²) in [4.78, 5) is 12.2. The number of ether oxygens (including phenoxy) is 1. The van der Waals surface area contributed by atoms with E-state index in [2.05, 4.69) is 6.08 Å². The van der Waals surface area contributed by atoms with Crippen LogP contribution in [-0.2, 0) is 9.53 Å². The lowest BCUT2D eigenvalue weighted by molar-refractivity contribution is -0.140. The molecule has 0 N–H and O–H groups in total. The Morgan fingerprint density at radius 2 is 1.70 bits per heavy atom. The van der Waals surface area contributed by atoms with Gasteiger partial charge in [-0.15, -0.1) is 0 Å². The zero-order chi connectivity index (χ0) is 13.8. The molecule has 0 heterocycles. The molecule has 2 atom stereocenters. The van der Waals surface area contributed by atoms with E-state index in [1.165, 1.54) is 71.3 Å². The summed E-state index contributed by atoms with van der Waals surface area (Å²) in [6.45, 7) is 0. The molecule has 0 aromatic carbocycles. The topological polar surface area (TPSA) is 26.3 Å². The summed E-state index contributed by atoms with van der Waals surface area (Å²) in [5, 5.41) is 0. The lowest BCUT2D eigenvalue weighted by Crippen LogP contribution is -2.61. The van der Waals surface area contributed by atoms with Gasteiger partial charge in [-0.25, -0.2) is 4.79 Å². The molecule has 4 aliphatic carbocycles. The summed E-state index contributed by atoms with van der Waals surface area (Å²) >= 11 is 0. The molecule has 2 unspecified atom stereocenters. The van der Waals surface area contributed by atoms with Crippen molar-refractivity contribution in [3.8, 4) is 0 Å². The molecule has 0 aromatic rings. The minimum absolute atomic E-state index is 0.0710. The molecule has 2 nitrogen and oxygen atoms in total. The molecule has 0 aromatic heterocycles. The molecular formula is C18H24O2. The number of rotatable bonds is 1. The van der Waals surface area contributed by atoms with Crippen LogP contribution in [0.3, 0.4) is 0 Å². The summed E-state index contributed by atoms with van der Waals surface area (Å²) in [6.07, 6.45) is 15.2. The molecule has 4 rings (SSSR count). The van der Waals surface area contributed by atoms with Gasteiger partial charge in [0.05, 0.1) is 7.11 Å². The fraction of sp³-hybridized carbons (Fsp3) is 0.722. The molecule has 0 amide bonds. The largest absolute Gasteiger partial charge is 0.466 e. The smallest absolute Gasteiger partial charge is 0.334 e. The second-order valence-corrected chi connectivity index (χ2v) is 7.00. The van der Waals surface area contributed by atoms with Crippen LogP contribution in [0, 0.1) is 10.8 Å². The van der Waals surface area contributed by atoms with Crippen LogP contribution >= 0.6 is 0 Å². The van der Waals surface area contributed by atoms with Gasteiger partial charge in [0.2, 0.25) is 0 Å². The van der Waals surface area contributed by atoms with Gasteiger partial charge in [-0.3, -0.25) is 0 Å². The Kier molecular flexibility index (Phi) is 2.68. The molecule has 2 saturated carbocycles. The van der Waals surface area contributed by atoms with Gasteiger partial charge in [0.25, 0.3) is 0 Å². The van der Waals surface area contributed by atoms with Crippen molar-refractivity contribution in [3.63, 3.8) is 0 Å². The molecule has 20 heavy (non-hydrogen) atoms. The first-order valence-electron chi connectivity index (χ1n) is 8.31. The SMILES string of the molecule is COC(=O)C1=CC23CCCCCC2=C2CCCCCC123. The highest BCUT2D eigenvalue weighted by Crippen LogP contribution is 2.78. The van der Waals surface area contributed by atoms with Crippen LogP contribution in [0.15, 0.2) is 22.8 Å². The molecule has 0 aliphatic heterocycles. The number of hydrogen-bond acceptors (Lipinski definition) is 2. The Morgan fingerprint density at radius 1 is 1.00 bits per heavy atom. The number of carbonyl (C=O) groups is 1. The normalized spacial score (nSPS) is 39.0. The second kappa shape index (κ2) is 4.22. The first-order valence-corrected chi connectivity index (χ1v) is 8.31. The lowest BCUT2D eigenvalue weighted by Gasteiger charge is -2.67. The van der Waals surface area contributed by atoms with Gasteiger partial charge in [0, 0.05) is 16.4 Å². The van der Waals surface area contributed by atoms with Crippen LogP contribution in [-0.4, -0.2) is 13.1 Å². The average molecular weight is 272 g/mol. The minimum Gasteiger partial charge on any atom is -0.466 e. The van der Waals surface area contributed by atoms with Gasteiger partial charge in [0.1, 0.15) is 0 Å². The van der Waals surface area contributed by atoms with E-state index in [4.69, 9.17) is 4.74 Å². The average Bonchev–Trinajstić information content (AvgIpc) is 2.80. The highest BCUT2D eigenvalue weighted by atomic mass is 16.5. The van der Waals surface area contributed by atoms with Gasteiger partial charge in [0.15, 0.2) is 0 Å². The fourth-order valence-corrected chi connectivity index (χ4v) is 5.67. The van der Waals surface area contributed by atoms with Gasteiger partial charge in [-0.05, 0) is 38.5 Å². The standard InChI is InChI=1S/C18H24O2/c1-20-16(19)15-12-17-10-6-2-4-8-13(17)14-9-5-3-7-11-18(14,15)17/h12H,2-11H2,1H3. The quantitative estimate of drug-likeness (QED) is 0.525. The van der Waals surface area contributed by atoms with E-state index < -0.39 is 0 Å². The number of carbonyl (C=O) groups excluding carboxylic acids is 1. The lowest BCUT2D eigenvalue weighted by atomic mass is 9.34. The second-order valence-electron chi connectivity index (χ2n) is 7.00. The van der Waals surface area contributed by atoms with Crippen LogP contribution in [0.25, 0.3) is 0 Å². The van der Waals surface area contributed by atoms with Crippen LogP contribution in [0.5, 0.6) is 0 Å². The van der Waals surface area contributed by atoms with Gasteiger partial charge in [-0.1, -0.05) is 42.9 Å². The Balaban J connectivity index is 1.83. The maximum atomic E-state index is 12.2. The summed E-state index contributed by atoms with van der Waals surface area (Å²) < 4.78 is 5.07. The summed E-state index contributed by atoms with van der Waals surface area (Å²) in [5.74, 6) is -0.0710. The molecular weight excluding hydrogens is 248 g/mol. The summed E-state index contributed by atoms with van der Waals surface area (Å²) in [6, 6.07) is 0. The van der Waals surface area contributed by atoms with Crippen molar-refractivity contribution in [3.05, 3.63) is 22.8 Å². The van der Waals surface area contributed by atoms with E-state index in [0.29, 0.717) is 0 Å². The minimum atomic E-state index is -0.0710. The predicted molar refractivity (Wildman–Crippen MR) is 78.2 cm³/mol. The van der Waals surface area contributed by atoms with Crippen LogP contribution in [0.1, 0.15) is 64.2 Å².